The van der Waals surface area contributed by atoms with Crippen molar-refractivity contribution in [1.29, 1.82) is 0 Å². The largest absolute Gasteiger partial charge is 0.361 e. The van der Waals surface area contributed by atoms with Crippen molar-refractivity contribution >= 4 is 20.9 Å². The number of rotatable bonds is 7. The minimum Gasteiger partial charge on any atom is -0.361 e. The fraction of sp³-hybridized carbons (Fsp3) is 0.263. The van der Waals surface area contributed by atoms with E-state index in [1.807, 2.05) is 44.3 Å². The van der Waals surface area contributed by atoms with Crippen molar-refractivity contribution in [3.63, 3.8) is 0 Å². The molecule has 0 saturated heterocycles. The zero-order chi connectivity index (χ0) is 17.9. The first-order chi connectivity index (χ1) is 12.0. The van der Waals surface area contributed by atoms with E-state index in [0.29, 0.717) is 24.5 Å². The van der Waals surface area contributed by atoms with Crippen LogP contribution < -0.4 is 10.0 Å². The first-order valence-corrected chi connectivity index (χ1v) is 9.78. The maximum absolute atomic E-state index is 12.4. The maximum atomic E-state index is 12.4. The van der Waals surface area contributed by atoms with E-state index in [0.717, 1.165) is 16.6 Å². The van der Waals surface area contributed by atoms with Gasteiger partial charge in [-0.2, -0.15) is 0 Å². The Morgan fingerprint density at radius 3 is 2.72 bits per heavy atom. The van der Waals surface area contributed by atoms with Crippen LogP contribution in [0.15, 0.2) is 53.6 Å². The third kappa shape index (κ3) is 4.10. The summed E-state index contributed by atoms with van der Waals surface area (Å²) in [5.74, 6) is 0. The summed E-state index contributed by atoms with van der Waals surface area (Å²) in [6.45, 7) is 5.30. The van der Waals surface area contributed by atoms with Crippen LogP contribution in [-0.2, 0) is 16.6 Å². The van der Waals surface area contributed by atoms with Crippen molar-refractivity contribution in [3.05, 3.63) is 65.4 Å². The van der Waals surface area contributed by atoms with Crippen LogP contribution in [0.1, 0.15) is 16.7 Å². The van der Waals surface area contributed by atoms with Crippen molar-refractivity contribution in [2.75, 3.05) is 13.1 Å². The number of aryl methyl sites for hydroxylation is 2. The topological polar surface area (TPSA) is 74.0 Å². The molecular weight excluding hydrogens is 334 g/mol. The first-order valence-electron chi connectivity index (χ1n) is 8.30. The molecule has 0 spiro atoms. The number of hydrogen-bond donors (Lipinski definition) is 3. The highest BCUT2D eigenvalue weighted by molar-refractivity contribution is 7.89. The molecule has 0 aliphatic rings. The maximum Gasteiger partial charge on any atom is 0.240 e. The minimum absolute atomic E-state index is 0.346. The van der Waals surface area contributed by atoms with Gasteiger partial charge in [0.2, 0.25) is 10.0 Å². The van der Waals surface area contributed by atoms with Crippen LogP contribution >= 0.6 is 0 Å². The van der Waals surface area contributed by atoms with Crippen LogP contribution in [0.2, 0.25) is 0 Å². The SMILES string of the molecule is Cc1ccc(C)c(S(=O)(=O)NCCNCc2cccc3[nH]ccc23)c1. The second kappa shape index (κ2) is 7.39. The Bertz CT molecular complexity index is 977. The molecular formula is C19H23N3O2S. The smallest absolute Gasteiger partial charge is 0.240 e. The number of aromatic amines is 1. The number of benzene rings is 2. The summed E-state index contributed by atoms with van der Waals surface area (Å²) >= 11 is 0. The summed E-state index contributed by atoms with van der Waals surface area (Å²) < 4.78 is 27.5. The fourth-order valence-corrected chi connectivity index (χ4v) is 4.24. The molecule has 0 unspecified atom stereocenters. The molecule has 2 aromatic carbocycles. The van der Waals surface area contributed by atoms with Crippen LogP contribution in [-0.4, -0.2) is 26.5 Å². The van der Waals surface area contributed by atoms with Gasteiger partial charge >= 0.3 is 0 Å². The van der Waals surface area contributed by atoms with Crippen LogP contribution in [0.4, 0.5) is 0 Å². The second-order valence-corrected chi connectivity index (χ2v) is 7.93. The van der Waals surface area contributed by atoms with Gasteiger partial charge in [-0.25, -0.2) is 13.1 Å². The molecule has 3 aromatic rings. The average Bonchev–Trinajstić information content (AvgIpc) is 3.06. The predicted octanol–water partition coefficient (Wildman–Crippen LogP) is 2.85. The molecule has 3 rings (SSSR count). The molecule has 6 heteroatoms. The molecule has 3 N–H and O–H groups in total. The van der Waals surface area contributed by atoms with Gasteiger partial charge in [0, 0.05) is 36.7 Å². The van der Waals surface area contributed by atoms with Gasteiger partial charge in [-0.15, -0.1) is 0 Å². The summed E-state index contributed by atoms with van der Waals surface area (Å²) in [7, 11) is -3.48. The number of aromatic nitrogens is 1. The van der Waals surface area contributed by atoms with Crippen molar-refractivity contribution < 1.29 is 8.42 Å². The molecule has 1 heterocycles. The number of nitrogens with one attached hydrogen (secondary N) is 3. The minimum atomic E-state index is -3.48. The van der Waals surface area contributed by atoms with E-state index in [2.05, 4.69) is 27.2 Å². The van der Waals surface area contributed by atoms with Crippen LogP contribution in [0, 0.1) is 13.8 Å². The monoisotopic (exact) mass is 357 g/mol. The molecule has 132 valence electrons. The third-order valence-corrected chi connectivity index (χ3v) is 5.83. The van der Waals surface area contributed by atoms with Gasteiger partial charge in [0.15, 0.2) is 0 Å². The van der Waals surface area contributed by atoms with Crippen LogP contribution in [0.3, 0.4) is 0 Å². The molecule has 0 aliphatic heterocycles. The quantitative estimate of drug-likeness (QED) is 0.569. The Morgan fingerprint density at radius 2 is 1.88 bits per heavy atom. The van der Waals surface area contributed by atoms with Gasteiger partial charge in [0.1, 0.15) is 0 Å². The Morgan fingerprint density at radius 1 is 1.04 bits per heavy atom. The lowest BCUT2D eigenvalue weighted by molar-refractivity contribution is 0.575. The molecule has 0 aliphatic carbocycles. The Labute approximate surface area is 148 Å². The van der Waals surface area contributed by atoms with E-state index in [1.54, 1.807) is 6.07 Å². The van der Waals surface area contributed by atoms with E-state index in [4.69, 9.17) is 0 Å². The zero-order valence-electron chi connectivity index (χ0n) is 14.5. The van der Waals surface area contributed by atoms with E-state index in [-0.39, 0.29) is 0 Å². The number of sulfonamides is 1. The van der Waals surface area contributed by atoms with Gasteiger partial charge in [0.25, 0.3) is 0 Å². The van der Waals surface area contributed by atoms with Crippen LogP contribution in [0.25, 0.3) is 10.9 Å². The molecule has 0 amide bonds. The molecule has 1 aromatic heterocycles. The molecule has 0 radical (unpaired) electrons. The Balaban J connectivity index is 1.54. The van der Waals surface area contributed by atoms with E-state index < -0.39 is 10.0 Å². The molecule has 0 atom stereocenters. The van der Waals surface area contributed by atoms with Crippen LogP contribution in [0.5, 0.6) is 0 Å². The first kappa shape index (κ1) is 17.7. The number of hydrogen-bond acceptors (Lipinski definition) is 3. The lowest BCUT2D eigenvalue weighted by Crippen LogP contribution is -2.32. The van der Waals surface area contributed by atoms with Gasteiger partial charge < -0.3 is 10.3 Å². The van der Waals surface area contributed by atoms with Crippen molar-refractivity contribution in [1.82, 2.24) is 15.0 Å². The van der Waals surface area contributed by atoms with Gasteiger partial charge in [-0.05, 0) is 48.7 Å². The summed E-state index contributed by atoms with van der Waals surface area (Å²) in [6.07, 6.45) is 1.92. The fourth-order valence-electron chi connectivity index (χ4n) is 2.88. The summed E-state index contributed by atoms with van der Waals surface area (Å²) in [6, 6.07) is 13.6. The zero-order valence-corrected chi connectivity index (χ0v) is 15.3. The highest BCUT2D eigenvalue weighted by Crippen LogP contribution is 2.17. The second-order valence-electron chi connectivity index (χ2n) is 6.20. The summed E-state index contributed by atoms with van der Waals surface area (Å²) in [5.41, 5.74) is 3.99. The standard InChI is InChI=1S/C19H23N3O2S/c1-14-6-7-15(2)19(12-14)25(23,24)22-11-10-20-13-16-4-3-5-18-17(16)8-9-21-18/h3-9,12,20-22H,10-11,13H2,1-2H3. The highest BCUT2D eigenvalue weighted by atomic mass is 32.2. The molecule has 25 heavy (non-hydrogen) atoms. The van der Waals surface area contributed by atoms with E-state index in [1.165, 1.54) is 10.9 Å². The number of H-pyrrole nitrogens is 1. The molecule has 5 nitrogen and oxygen atoms in total. The molecule has 0 bridgehead atoms. The van der Waals surface area contributed by atoms with Crippen molar-refractivity contribution in [2.45, 2.75) is 25.3 Å². The summed E-state index contributed by atoms with van der Waals surface area (Å²) in [4.78, 5) is 3.54. The normalized spacial score (nSPS) is 11.9. The predicted molar refractivity (Wildman–Crippen MR) is 101 cm³/mol. The number of fused-ring (bicyclic) bond motifs is 1. The van der Waals surface area contributed by atoms with Gasteiger partial charge in [0.05, 0.1) is 4.90 Å². The highest BCUT2D eigenvalue weighted by Gasteiger charge is 2.16. The Kier molecular flexibility index (Phi) is 5.22. The van der Waals surface area contributed by atoms with Gasteiger partial charge in [-0.1, -0.05) is 24.3 Å². The lowest BCUT2D eigenvalue weighted by atomic mass is 10.1. The molecule has 0 saturated carbocycles. The lowest BCUT2D eigenvalue weighted by Gasteiger charge is -2.11. The Hall–Kier alpha value is -2.15. The average molecular weight is 357 g/mol. The van der Waals surface area contributed by atoms with Crippen molar-refractivity contribution in [3.8, 4) is 0 Å². The van der Waals surface area contributed by atoms with E-state index in [9.17, 15) is 8.42 Å². The van der Waals surface area contributed by atoms with E-state index >= 15 is 0 Å². The summed E-state index contributed by atoms with van der Waals surface area (Å²) in [5, 5.41) is 4.48. The molecule has 0 fully saturated rings. The van der Waals surface area contributed by atoms with Gasteiger partial charge in [-0.3, -0.25) is 0 Å². The van der Waals surface area contributed by atoms with Crippen molar-refractivity contribution in [2.24, 2.45) is 0 Å². The third-order valence-electron chi connectivity index (χ3n) is 4.23.